The first kappa shape index (κ1) is 17.7. The summed E-state index contributed by atoms with van der Waals surface area (Å²) < 4.78 is 0. The van der Waals surface area contributed by atoms with Gasteiger partial charge in [0.2, 0.25) is 11.8 Å². The molecule has 1 fully saturated rings. The Balaban J connectivity index is 1.56. The number of allylic oxidation sites excluding steroid dienone is 1. The Labute approximate surface area is 149 Å². The Hall–Kier alpha value is -2.14. The standard InChI is InChI=1S/C20H27N3O2/c24-19(22-14-16-7-3-1-4-8-16)13-18-20(25)21-11-12-23(18)15-17-9-5-2-6-10-17/h2,5-7,9-10,18H,1,3-4,8,11-15H2,(H,21,25)(H,22,24)/t18-/m1/s1. The molecule has 1 atom stereocenters. The molecule has 3 rings (SSSR count). The van der Waals surface area contributed by atoms with Crippen LogP contribution in [0.2, 0.25) is 0 Å². The van der Waals surface area contributed by atoms with Crippen LogP contribution >= 0.6 is 0 Å². The minimum atomic E-state index is -0.394. The Kier molecular flexibility index (Phi) is 6.23. The maximum atomic E-state index is 12.4. The van der Waals surface area contributed by atoms with Gasteiger partial charge in [-0.1, -0.05) is 42.0 Å². The van der Waals surface area contributed by atoms with Crippen molar-refractivity contribution >= 4 is 11.8 Å². The number of nitrogens with one attached hydrogen (secondary N) is 2. The molecule has 0 spiro atoms. The van der Waals surface area contributed by atoms with E-state index in [4.69, 9.17) is 0 Å². The highest BCUT2D eigenvalue weighted by Crippen LogP contribution is 2.17. The summed E-state index contributed by atoms with van der Waals surface area (Å²) >= 11 is 0. The Morgan fingerprint density at radius 1 is 1.24 bits per heavy atom. The predicted octanol–water partition coefficient (Wildman–Crippen LogP) is 1.99. The molecule has 1 aliphatic heterocycles. The number of hydrogen-bond donors (Lipinski definition) is 2. The number of piperazine rings is 1. The highest BCUT2D eigenvalue weighted by molar-refractivity contribution is 5.88. The van der Waals surface area contributed by atoms with Gasteiger partial charge in [0, 0.05) is 26.2 Å². The van der Waals surface area contributed by atoms with Crippen molar-refractivity contribution in [1.82, 2.24) is 15.5 Å². The summed E-state index contributed by atoms with van der Waals surface area (Å²) in [5, 5.41) is 5.88. The minimum Gasteiger partial charge on any atom is -0.353 e. The Morgan fingerprint density at radius 2 is 2.08 bits per heavy atom. The second-order valence-electron chi connectivity index (χ2n) is 6.85. The fourth-order valence-corrected chi connectivity index (χ4v) is 3.52. The van der Waals surface area contributed by atoms with E-state index in [9.17, 15) is 9.59 Å². The molecule has 5 nitrogen and oxygen atoms in total. The van der Waals surface area contributed by atoms with Crippen LogP contribution in [-0.4, -0.2) is 42.4 Å². The molecule has 1 aliphatic carbocycles. The van der Waals surface area contributed by atoms with Gasteiger partial charge in [0.15, 0.2) is 0 Å². The van der Waals surface area contributed by atoms with Crippen LogP contribution in [0.1, 0.15) is 37.7 Å². The van der Waals surface area contributed by atoms with E-state index in [1.165, 1.54) is 18.4 Å². The zero-order valence-corrected chi connectivity index (χ0v) is 14.7. The molecular weight excluding hydrogens is 314 g/mol. The van der Waals surface area contributed by atoms with Gasteiger partial charge in [-0.2, -0.15) is 0 Å². The van der Waals surface area contributed by atoms with E-state index >= 15 is 0 Å². The molecule has 5 heteroatoms. The highest BCUT2D eigenvalue weighted by atomic mass is 16.2. The minimum absolute atomic E-state index is 0.0470. The van der Waals surface area contributed by atoms with E-state index in [1.54, 1.807) is 0 Å². The van der Waals surface area contributed by atoms with E-state index in [2.05, 4.69) is 33.7 Å². The van der Waals surface area contributed by atoms with Gasteiger partial charge >= 0.3 is 0 Å². The van der Waals surface area contributed by atoms with Crippen LogP contribution in [0.25, 0.3) is 0 Å². The molecule has 1 saturated heterocycles. The van der Waals surface area contributed by atoms with Crippen molar-refractivity contribution in [2.45, 2.75) is 44.7 Å². The van der Waals surface area contributed by atoms with E-state index in [0.717, 1.165) is 24.9 Å². The predicted molar refractivity (Wildman–Crippen MR) is 97.8 cm³/mol. The molecule has 2 aliphatic rings. The van der Waals surface area contributed by atoms with Crippen molar-refractivity contribution in [2.75, 3.05) is 19.6 Å². The largest absolute Gasteiger partial charge is 0.353 e. The van der Waals surface area contributed by atoms with Gasteiger partial charge in [-0.05, 0) is 31.2 Å². The fraction of sp³-hybridized carbons (Fsp3) is 0.500. The van der Waals surface area contributed by atoms with Crippen molar-refractivity contribution in [1.29, 1.82) is 0 Å². The highest BCUT2D eigenvalue weighted by Gasteiger charge is 2.31. The number of carbonyl (C=O) groups excluding carboxylic acids is 2. The summed E-state index contributed by atoms with van der Waals surface area (Å²) in [5.74, 6) is -0.0965. The lowest BCUT2D eigenvalue weighted by Crippen LogP contribution is -2.56. The molecule has 0 bridgehead atoms. The molecule has 25 heavy (non-hydrogen) atoms. The summed E-state index contributed by atoms with van der Waals surface area (Å²) in [5.41, 5.74) is 2.48. The van der Waals surface area contributed by atoms with Crippen LogP contribution < -0.4 is 10.6 Å². The van der Waals surface area contributed by atoms with Crippen molar-refractivity contribution < 1.29 is 9.59 Å². The first-order valence-electron chi connectivity index (χ1n) is 9.22. The maximum Gasteiger partial charge on any atom is 0.237 e. The summed E-state index contributed by atoms with van der Waals surface area (Å²) in [7, 11) is 0. The quantitative estimate of drug-likeness (QED) is 0.778. The monoisotopic (exact) mass is 341 g/mol. The number of nitrogens with zero attached hydrogens (tertiary/aromatic N) is 1. The SMILES string of the molecule is O=C(C[C@@H]1C(=O)NCCN1Cc1ccccc1)NCC1=CCCCC1. The summed E-state index contributed by atoms with van der Waals surface area (Å²) in [6.45, 7) is 2.71. The van der Waals surface area contributed by atoms with Crippen LogP contribution in [0.15, 0.2) is 42.0 Å². The van der Waals surface area contributed by atoms with Gasteiger partial charge in [0.05, 0.1) is 12.5 Å². The van der Waals surface area contributed by atoms with Gasteiger partial charge < -0.3 is 10.6 Å². The molecule has 0 radical (unpaired) electrons. The number of hydrogen-bond acceptors (Lipinski definition) is 3. The van der Waals surface area contributed by atoms with E-state index in [0.29, 0.717) is 19.6 Å². The zero-order chi connectivity index (χ0) is 17.5. The smallest absolute Gasteiger partial charge is 0.237 e. The van der Waals surface area contributed by atoms with Gasteiger partial charge in [-0.25, -0.2) is 0 Å². The van der Waals surface area contributed by atoms with E-state index in [-0.39, 0.29) is 18.2 Å². The normalized spacial score (nSPS) is 21.4. The molecule has 1 heterocycles. The topological polar surface area (TPSA) is 61.4 Å². The Morgan fingerprint density at radius 3 is 2.84 bits per heavy atom. The third-order valence-corrected chi connectivity index (χ3v) is 4.95. The van der Waals surface area contributed by atoms with Gasteiger partial charge in [-0.15, -0.1) is 0 Å². The third-order valence-electron chi connectivity index (χ3n) is 4.95. The summed E-state index contributed by atoms with van der Waals surface area (Å²) in [6.07, 6.45) is 7.09. The molecule has 2 N–H and O–H groups in total. The fourth-order valence-electron chi connectivity index (χ4n) is 3.52. The van der Waals surface area contributed by atoms with Gasteiger partial charge in [0.1, 0.15) is 0 Å². The van der Waals surface area contributed by atoms with Crippen molar-refractivity contribution in [3.05, 3.63) is 47.5 Å². The zero-order valence-electron chi connectivity index (χ0n) is 14.7. The number of benzene rings is 1. The molecule has 2 amide bonds. The lowest BCUT2D eigenvalue weighted by molar-refractivity contribution is -0.134. The first-order valence-corrected chi connectivity index (χ1v) is 9.22. The number of rotatable bonds is 6. The average molecular weight is 341 g/mol. The molecule has 134 valence electrons. The van der Waals surface area contributed by atoms with Crippen molar-refractivity contribution in [3.8, 4) is 0 Å². The van der Waals surface area contributed by atoms with Crippen LogP contribution in [0, 0.1) is 0 Å². The molecule has 1 aromatic carbocycles. The summed E-state index contributed by atoms with van der Waals surface area (Å²) in [6, 6.07) is 9.70. The van der Waals surface area contributed by atoms with Gasteiger partial charge in [-0.3, -0.25) is 14.5 Å². The number of amides is 2. The van der Waals surface area contributed by atoms with E-state index in [1.807, 2.05) is 18.2 Å². The maximum absolute atomic E-state index is 12.4. The molecule has 0 saturated carbocycles. The Bertz CT molecular complexity index is 627. The van der Waals surface area contributed by atoms with Gasteiger partial charge in [0.25, 0.3) is 0 Å². The van der Waals surface area contributed by atoms with Crippen LogP contribution in [0.4, 0.5) is 0 Å². The second-order valence-corrected chi connectivity index (χ2v) is 6.85. The molecular formula is C20H27N3O2. The summed E-state index contributed by atoms with van der Waals surface area (Å²) in [4.78, 5) is 26.7. The van der Waals surface area contributed by atoms with Crippen LogP contribution in [0.5, 0.6) is 0 Å². The van der Waals surface area contributed by atoms with Crippen LogP contribution in [-0.2, 0) is 16.1 Å². The van der Waals surface area contributed by atoms with Crippen molar-refractivity contribution in [2.24, 2.45) is 0 Å². The first-order chi connectivity index (χ1) is 12.2. The lowest BCUT2D eigenvalue weighted by atomic mass is 9.99. The molecule has 0 aromatic heterocycles. The van der Waals surface area contributed by atoms with E-state index < -0.39 is 6.04 Å². The second kappa shape index (κ2) is 8.81. The van der Waals surface area contributed by atoms with Crippen LogP contribution in [0.3, 0.4) is 0 Å². The van der Waals surface area contributed by atoms with Crippen molar-refractivity contribution in [3.63, 3.8) is 0 Å². The molecule has 0 unspecified atom stereocenters. The lowest BCUT2D eigenvalue weighted by Gasteiger charge is -2.34. The molecule has 1 aromatic rings. The number of carbonyl (C=O) groups is 2. The third kappa shape index (κ3) is 5.16. The average Bonchev–Trinajstić information content (AvgIpc) is 2.65.